The molecule has 2 aromatic heterocycles. The summed E-state index contributed by atoms with van der Waals surface area (Å²) < 4.78 is 1.45. The highest BCUT2D eigenvalue weighted by atomic mass is 32.1. The summed E-state index contributed by atoms with van der Waals surface area (Å²) in [6, 6.07) is 11.3. The van der Waals surface area contributed by atoms with Crippen molar-refractivity contribution in [3.8, 4) is 0 Å². The highest BCUT2D eigenvalue weighted by Gasteiger charge is 2.15. The minimum absolute atomic E-state index is 0.0107. The molecule has 0 atom stereocenters. The first-order valence-electron chi connectivity index (χ1n) is 9.01. The predicted octanol–water partition coefficient (Wildman–Crippen LogP) is 2.74. The lowest BCUT2D eigenvalue weighted by atomic mass is 10.2. The van der Waals surface area contributed by atoms with Crippen molar-refractivity contribution in [2.45, 2.75) is 32.4 Å². The largest absolute Gasteiger partial charge is 0.481 e. The summed E-state index contributed by atoms with van der Waals surface area (Å²) in [5.74, 6) is -1.000. The van der Waals surface area contributed by atoms with E-state index in [4.69, 9.17) is 5.11 Å². The van der Waals surface area contributed by atoms with Gasteiger partial charge in [0.2, 0.25) is 5.91 Å². The zero-order valence-corrected chi connectivity index (χ0v) is 16.1. The van der Waals surface area contributed by atoms with Gasteiger partial charge < -0.3 is 10.0 Å². The Labute approximate surface area is 165 Å². The molecular weight excluding hydrogens is 378 g/mol. The summed E-state index contributed by atoms with van der Waals surface area (Å²) in [6.45, 7) is 1.01. The van der Waals surface area contributed by atoms with Gasteiger partial charge in [-0.3, -0.25) is 19.0 Å². The van der Waals surface area contributed by atoms with Crippen LogP contribution in [0.5, 0.6) is 0 Å². The van der Waals surface area contributed by atoms with Crippen LogP contribution in [0.25, 0.3) is 10.2 Å². The van der Waals surface area contributed by atoms with Crippen LogP contribution >= 0.6 is 11.3 Å². The van der Waals surface area contributed by atoms with E-state index in [0.717, 1.165) is 5.56 Å². The molecule has 0 saturated heterocycles. The molecule has 0 saturated carbocycles. The molecule has 0 aliphatic carbocycles. The van der Waals surface area contributed by atoms with E-state index in [2.05, 4.69) is 4.98 Å². The molecule has 7 nitrogen and oxygen atoms in total. The van der Waals surface area contributed by atoms with Crippen molar-refractivity contribution in [2.75, 3.05) is 6.54 Å². The van der Waals surface area contributed by atoms with Gasteiger partial charge in [-0.2, -0.15) is 0 Å². The molecule has 28 heavy (non-hydrogen) atoms. The van der Waals surface area contributed by atoms with Gasteiger partial charge in [0.25, 0.3) is 5.56 Å². The molecule has 0 radical (unpaired) electrons. The lowest BCUT2D eigenvalue weighted by Crippen LogP contribution is -2.33. The number of carbonyl (C=O) groups is 2. The number of carboxylic acids is 1. The first-order chi connectivity index (χ1) is 13.5. The lowest BCUT2D eigenvalue weighted by molar-refractivity contribution is -0.138. The highest BCUT2D eigenvalue weighted by Crippen LogP contribution is 2.14. The number of hydrogen-bond donors (Lipinski definition) is 1. The van der Waals surface area contributed by atoms with Crippen molar-refractivity contribution in [1.29, 1.82) is 0 Å². The minimum atomic E-state index is -0.881. The lowest BCUT2D eigenvalue weighted by Gasteiger charge is -2.23. The summed E-state index contributed by atoms with van der Waals surface area (Å²) in [5.41, 5.74) is 0.823. The quantitative estimate of drug-likeness (QED) is 0.597. The van der Waals surface area contributed by atoms with E-state index in [1.54, 1.807) is 11.0 Å². The normalized spacial score (nSPS) is 10.9. The van der Waals surface area contributed by atoms with Crippen molar-refractivity contribution in [1.82, 2.24) is 14.5 Å². The number of carboxylic acid groups (broad SMARTS) is 1. The smallest absolute Gasteiger partial charge is 0.303 e. The summed E-state index contributed by atoms with van der Waals surface area (Å²) in [6.07, 6.45) is 2.02. The molecule has 0 aliphatic heterocycles. The SMILES string of the molecule is O=C(O)CCCN(Cc1ccccc1)C(=O)CCn1cnc2sccc2c1=O. The third-order valence-corrected chi connectivity index (χ3v) is 5.23. The summed E-state index contributed by atoms with van der Waals surface area (Å²) in [5, 5.41) is 11.2. The van der Waals surface area contributed by atoms with Crippen LogP contribution in [0.3, 0.4) is 0 Å². The van der Waals surface area contributed by atoms with Gasteiger partial charge in [0, 0.05) is 32.5 Å². The number of amides is 1. The first kappa shape index (κ1) is 19.8. The Morgan fingerprint density at radius 2 is 1.93 bits per heavy atom. The van der Waals surface area contributed by atoms with Crippen LogP contribution in [-0.4, -0.2) is 38.0 Å². The highest BCUT2D eigenvalue weighted by molar-refractivity contribution is 7.16. The zero-order chi connectivity index (χ0) is 19.9. The Morgan fingerprint density at radius 3 is 2.68 bits per heavy atom. The van der Waals surface area contributed by atoms with Gasteiger partial charge in [0.15, 0.2) is 0 Å². The van der Waals surface area contributed by atoms with Gasteiger partial charge >= 0.3 is 5.97 Å². The maximum Gasteiger partial charge on any atom is 0.303 e. The molecule has 0 fully saturated rings. The van der Waals surface area contributed by atoms with E-state index >= 15 is 0 Å². The second-order valence-corrected chi connectivity index (χ2v) is 7.33. The van der Waals surface area contributed by atoms with Gasteiger partial charge in [0.1, 0.15) is 4.83 Å². The topological polar surface area (TPSA) is 92.5 Å². The molecular formula is C20H21N3O4S. The fourth-order valence-corrected chi connectivity index (χ4v) is 3.67. The number of aryl methyl sites for hydroxylation is 1. The van der Waals surface area contributed by atoms with Gasteiger partial charge in [-0.05, 0) is 23.4 Å². The van der Waals surface area contributed by atoms with Crippen LogP contribution in [0.4, 0.5) is 0 Å². The van der Waals surface area contributed by atoms with Crippen LogP contribution in [0.2, 0.25) is 0 Å². The molecule has 3 rings (SSSR count). The second kappa shape index (κ2) is 9.27. The molecule has 0 bridgehead atoms. The Balaban J connectivity index is 1.67. The molecule has 1 amide bonds. The van der Waals surface area contributed by atoms with E-state index in [1.165, 1.54) is 22.2 Å². The number of benzene rings is 1. The van der Waals surface area contributed by atoms with Crippen LogP contribution in [-0.2, 0) is 22.7 Å². The summed E-state index contributed by atoms with van der Waals surface area (Å²) in [4.78, 5) is 42.6. The number of thiophene rings is 1. The molecule has 3 aromatic rings. The minimum Gasteiger partial charge on any atom is -0.481 e. The van der Waals surface area contributed by atoms with Crippen LogP contribution in [0.15, 0.2) is 52.9 Å². The monoisotopic (exact) mass is 399 g/mol. The third kappa shape index (κ3) is 5.04. The van der Waals surface area contributed by atoms with E-state index in [0.29, 0.717) is 29.7 Å². The zero-order valence-electron chi connectivity index (χ0n) is 15.3. The predicted molar refractivity (Wildman–Crippen MR) is 107 cm³/mol. The Hall–Kier alpha value is -3.00. The molecule has 1 N–H and O–H groups in total. The summed E-state index contributed by atoms with van der Waals surface area (Å²) in [7, 11) is 0. The van der Waals surface area contributed by atoms with E-state index in [9.17, 15) is 14.4 Å². The number of fused-ring (bicyclic) bond motifs is 1. The van der Waals surface area contributed by atoms with Crippen molar-refractivity contribution >= 4 is 33.4 Å². The van der Waals surface area contributed by atoms with Crippen LogP contribution in [0, 0.1) is 0 Å². The maximum absolute atomic E-state index is 12.8. The maximum atomic E-state index is 12.8. The van der Waals surface area contributed by atoms with Crippen LogP contribution < -0.4 is 5.56 Å². The van der Waals surface area contributed by atoms with E-state index < -0.39 is 5.97 Å². The number of aliphatic carboxylic acids is 1. The number of hydrogen-bond acceptors (Lipinski definition) is 5. The van der Waals surface area contributed by atoms with Crippen molar-refractivity contribution in [2.24, 2.45) is 0 Å². The molecule has 1 aromatic carbocycles. The molecule has 0 aliphatic rings. The molecule has 2 heterocycles. The Morgan fingerprint density at radius 1 is 1.14 bits per heavy atom. The summed E-state index contributed by atoms with van der Waals surface area (Å²) >= 11 is 1.40. The van der Waals surface area contributed by atoms with Gasteiger partial charge in [-0.25, -0.2) is 4.98 Å². The molecule has 8 heteroatoms. The van der Waals surface area contributed by atoms with Crippen molar-refractivity contribution in [3.63, 3.8) is 0 Å². The Bertz CT molecular complexity index is 1010. The fourth-order valence-electron chi connectivity index (χ4n) is 2.94. The van der Waals surface area contributed by atoms with Crippen molar-refractivity contribution in [3.05, 3.63) is 64.0 Å². The van der Waals surface area contributed by atoms with Gasteiger partial charge in [-0.15, -0.1) is 11.3 Å². The van der Waals surface area contributed by atoms with Crippen molar-refractivity contribution < 1.29 is 14.7 Å². The number of aromatic nitrogens is 2. The molecule has 0 spiro atoms. The third-order valence-electron chi connectivity index (χ3n) is 4.40. The Kier molecular flexibility index (Phi) is 6.54. The number of rotatable bonds is 9. The molecule has 0 unspecified atom stereocenters. The first-order valence-corrected chi connectivity index (χ1v) is 9.88. The van der Waals surface area contributed by atoms with E-state index in [1.807, 2.05) is 35.7 Å². The molecule has 146 valence electrons. The average Bonchev–Trinajstić information content (AvgIpc) is 3.17. The van der Waals surface area contributed by atoms with Gasteiger partial charge in [0.05, 0.1) is 11.7 Å². The number of carbonyl (C=O) groups excluding carboxylic acids is 1. The number of nitrogens with zero attached hydrogens (tertiary/aromatic N) is 3. The average molecular weight is 399 g/mol. The van der Waals surface area contributed by atoms with E-state index in [-0.39, 0.29) is 30.9 Å². The van der Waals surface area contributed by atoms with Gasteiger partial charge in [-0.1, -0.05) is 30.3 Å². The standard InChI is InChI=1S/C20H21N3O4S/c24-17(8-11-23-14-21-19-16(20(23)27)9-12-28-19)22(10-4-7-18(25)26)13-15-5-2-1-3-6-15/h1-3,5-6,9,12,14H,4,7-8,10-11,13H2,(H,25,26). The fraction of sp³-hybridized carbons (Fsp3) is 0.300. The van der Waals surface area contributed by atoms with Crippen LogP contribution in [0.1, 0.15) is 24.8 Å². The second-order valence-electron chi connectivity index (χ2n) is 6.43.